The number of rotatable bonds is 4. The summed E-state index contributed by atoms with van der Waals surface area (Å²) in [5.74, 6) is -1.48. The van der Waals surface area contributed by atoms with Gasteiger partial charge in [-0.2, -0.15) is 0 Å². The van der Waals surface area contributed by atoms with Gasteiger partial charge in [-0.3, -0.25) is 4.79 Å². The zero-order valence-corrected chi connectivity index (χ0v) is 10.8. The van der Waals surface area contributed by atoms with Gasteiger partial charge >= 0.3 is 5.97 Å². The molecule has 0 heterocycles. The molecule has 0 unspecified atom stereocenters. The Kier molecular flexibility index (Phi) is 4.90. The van der Waals surface area contributed by atoms with Crippen molar-refractivity contribution in [2.24, 2.45) is 0 Å². The van der Waals surface area contributed by atoms with Gasteiger partial charge in [-0.15, -0.1) is 0 Å². The summed E-state index contributed by atoms with van der Waals surface area (Å²) >= 11 is 3.39. The first-order valence-electron chi connectivity index (χ1n) is 4.90. The van der Waals surface area contributed by atoms with E-state index in [4.69, 9.17) is 5.11 Å². The van der Waals surface area contributed by atoms with Gasteiger partial charge in [0.05, 0.1) is 0 Å². The predicted molar refractivity (Wildman–Crippen MR) is 67.4 cm³/mol. The minimum absolute atomic E-state index is 0.344. The topological polar surface area (TPSA) is 57.6 Å². The Morgan fingerprint density at radius 1 is 1.35 bits per heavy atom. The molecule has 0 aromatic heterocycles. The van der Waals surface area contributed by atoms with E-state index in [1.807, 2.05) is 24.3 Å². The van der Waals surface area contributed by atoms with Crippen molar-refractivity contribution in [2.75, 3.05) is 7.05 Å². The number of halogens is 1. The Morgan fingerprint density at radius 3 is 2.59 bits per heavy atom. The minimum atomic E-state index is -1.13. The Labute approximate surface area is 108 Å². The summed E-state index contributed by atoms with van der Waals surface area (Å²) in [5, 5.41) is 8.41. The van der Waals surface area contributed by atoms with Gasteiger partial charge < -0.3 is 10.0 Å². The van der Waals surface area contributed by atoms with Gasteiger partial charge in [0.1, 0.15) is 0 Å². The van der Waals surface area contributed by atoms with Crippen LogP contribution in [-0.4, -0.2) is 28.9 Å². The number of benzene rings is 1. The van der Waals surface area contributed by atoms with Crippen LogP contribution >= 0.6 is 15.9 Å². The third-order valence-corrected chi connectivity index (χ3v) is 2.88. The number of amides is 1. The Morgan fingerprint density at radius 2 is 2.00 bits per heavy atom. The molecule has 0 atom stereocenters. The standard InChI is InChI=1S/C12H12BrNO3/c1-14(11(15)6-7-12(16)17)8-9-4-2-3-5-10(9)13/h2-7H,8H2,1H3,(H,16,17)/b7-6+. The average molecular weight is 298 g/mol. The summed E-state index contributed by atoms with van der Waals surface area (Å²) in [4.78, 5) is 23.2. The SMILES string of the molecule is CN(Cc1ccccc1Br)C(=O)/C=C/C(=O)O. The highest BCUT2D eigenvalue weighted by Gasteiger charge is 2.08. The molecule has 0 fully saturated rings. The maximum Gasteiger partial charge on any atom is 0.328 e. The summed E-state index contributed by atoms with van der Waals surface area (Å²) in [5.41, 5.74) is 0.965. The van der Waals surface area contributed by atoms with Crippen molar-refractivity contribution in [3.63, 3.8) is 0 Å². The molecule has 0 radical (unpaired) electrons. The Hall–Kier alpha value is -1.62. The third kappa shape index (κ3) is 4.40. The maximum atomic E-state index is 11.5. The number of carbonyl (C=O) groups excluding carboxylic acids is 1. The van der Waals surface area contributed by atoms with E-state index >= 15 is 0 Å². The molecule has 0 aliphatic heterocycles. The van der Waals surface area contributed by atoms with Gasteiger partial charge in [0.25, 0.3) is 0 Å². The highest BCUT2D eigenvalue weighted by molar-refractivity contribution is 9.10. The molecule has 4 nitrogen and oxygen atoms in total. The fourth-order valence-corrected chi connectivity index (χ4v) is 1.64. The highest BCUT2D eigenvalue weighted by atomic mass is 79.9. The van der Waals surface area contributed by atoms with Crippen LogP contribution in [0.1, 0.15) is 5.56 Å². The largest absolute Gasteiger partial charge is 0.478 e. The molecule has 0 aliphatic carbocycles. The second-order valence-corrected chi connectivity index (χ2v) is 4.31. The predicted octanol–water partition coefficient (Wildman–Crippen LogP) is 2.05. The van der Waals surface area contributed by atoms with Crippen molar-refractivity contribution in [3.05, 3.63) is 46.5 Å². The quantitative estimate of drug-likeness (QED) is 0.866. The van der Waals surface area contributed by atoms with Crippen molar-refractivity contribution in [1.29, 1.82) is 0 Å². The lowest BCUT2D eigenvalue weighted by molar-refractivity contribution is -0.132. The first-order valence-corrected chi connectivity index (χ1v) is 5.69. The number of hydrogen-bond acceptors (Lipinski definition) is 2. The van der Waals surface area contributed by atoms with Crippen LogP contribution in [-0.2, 0) is 16.1 Å². The number of likely N-dealkylation sites (N-methyl/N-ethyl adjacent to an activating group) is 1. The second-order valence-electron chi connectivity index (χ2n) is 3.46. The van der Waals surface area contributed by atoms with Crippen molar-refractivity contribution in [2.45, 2.75) is 6.54 Å². The van der Waals surface area contributed by atoms with Crippen LogP contribution in [0.4, 0.5) is 0 Å². The average Bonchev–Trinajstić information content (AvgIpc) is 2.28. The number of carbonyl (C=O) groups is 2. The van der Waals surface area contributed by atoms with E-state index in [2.05, 4.69) is 15.9 Å². The summed E-state index contributed by atoms with van der Waals surface area (Å²) in [7, 11) is 1.62. The molecular weight excluding hydrogens is 286 g/mol. The van der Waals surface area contributed by atoms with Crippen molar-refractivity contribution < 1.29 is 14.7 Å². The molecule has 1 aromatic rings. The summed E-state index contributed by atoms with van der Waals surface area (Å²) in [6.07, 6.45) is 1.87. The van der Waals surface area contributed by atoms with Gasteiger partial charge in [0.15, 0.2) is 0 Å². The van der Waals surface area contributed by atoms with Crippen molar-refractivity contribution in [3.8, 4) is 0 Å². The monoisotopic (exact) mass is 297 g/mol. The summed E-state index contributed by atoms with van der Waals surface area (Å²) in [6.45, 7) is 0.421. The van der Waals surface area contributed by atoms with E-state index < -0.39 is 5.97 Å². The first-order chi connectivity index (χ1) is 8.00. The van der Waals surface area contributed by atoms with E-state index in [1.165, 1.54) is 4.90 Å². The van der Waals surface area contributed by atoms with Crippen LogP contribution in [0.15, 0.2) is 40.9 Å². The number of carboxylic acid groups (broad SMARTS) is 1. The molecule has 17 heavy (non-hydrogen) atoms. The Balaban J connectivity index is 2.67. The van der Waals surface area contributed by atoms with Gasteiger partial charge in [-0.1, -0.05) is 34.1 Å². The van der Waals surface area contributed by atoms with Gasteiger partial charge in [0.2, 0.25) is 5.91 Å². The number of hydrogen-bond donors (Lipinski definition) is 1. The molecule has 1 aromatic carbocycles. The van der Waals surface area contributed by atoms with Crippen LogP contribution in [0.2, 0.25) is 0 Å². The van der Waals surface area contributed by atoms with E-state index in [9.17, 15) is 9.59 Å². The van der Waals surface area contributed by atoms with E-state index in [0.717, 1.165) is 22.2 Å². The lowest BCUT2D eigenvalue weighted by Gasteiger charge is -2.15. The van der Waals surface area contributed by atoms with E-state index in [-0.39, 0.29) is 5.91 Å². The van der Waals surface area contributed by atoms with Crippen LogP contribution in [0, 0.1) is 0 Å². The zero-order chi connectivity index (χ0) is 12.8. The molecule has 90 valence electrons. The molecule has 0 aliphatic rings. The lowest BCUT2D eigenvalue weighted by atomic mass is 10.2. The van der Waals surface area contributed by atoms with Crippen LogP contribution in [0.25, 0.3) is 0 Å². The molecule has 0 saturated carbocycles. The molecule has 1 N–H and O–H groups in total. The molecule has 0 saturated heterocycles. The lowest BCUT2D eigenvalue weighted by Crippen LogP contribution is -2.24. The van der Waals surface area contributed by atoms with Gasteiger partial charge in [-0.25, -0.2) is 4.79 Å². The second kappa shape index (κ2) is 6.20. The van der Waals surface area contributed by atoms with E-state index in [1.54, 1.807) is 7.05 Å². The fourth-order valence-electron chi connectivity index (χ4n) is 1.23. The Bertz CT molecular complexity index is 457. The van der Waals surface area contributed by atoms with Crippen molar-refractivity contribution in [1.82, 2.24) is 4.90 Å². The van der Waals surface area contributed by atoms with Gasteiger partial charge in [-0.05, 0) is 11.6 Å². The van der Waals surface area contributed by atoms with E-state index in [0.29, 0.717) is 6.54 Å². The normalized spacial score (nSPS) is 10.5. The molecule has 1 amide bonds. The molecular formula is C12H12BrNO3. The zero-order valence-electron chi connectivity index (χ0n) is 9.26. The molecule has 1 rings (SSSR count). The number of nitrogens with zero attached hydrogens (tertiary/aromatic N) is 1. The van der Waals surface area contributed by atoms with Crippen LogP contribution in [0.3, 0.4) is 0 Å². The van der Waals surface area contributed by atoms with Gasteiger partial charge in [0, 0.05) is 30.2 Å². The first kappa shape index (κ1) is 13.4. The van der Waals surface area contributed by atoms with Crippen molar-refractivity contribution >= 4 is 27.8 Å². The maximum absolute atomic E-state index is 11.5. The van der Waals surface area contributed by atoms with Crippen LogP contribution < -0.4 is 0 Å². The summed E-state index contributed by atoms with van der Waals surface area (Å²) in [6, 6.07) is 7.56. The number of carboxylic acids is 1. The minimum Gasteiger partial charge on any atom is -0.478 e. The van der Waals surface area contributed by atoms with Crippen LogP contribution in [0.5, 0.6) is 0 Å². The molecule has 0 spiro atoms. The highest BCUT2D eigenvalue weighted by Crippen LogP contribution is 2.17. The fraction of sp³-hybridized carbons (Fsp3) is 0.167. The molecule has 0 bridgehead atoms. The molecule has 5 heteroatoms. The summed E-state index contributed by atoms with van der Waals surface area (Å²) < 4.78 is 0.918. The smallest absolute Gasteiger partial charge is 0.328 e. The third-order valence-electron chi connectivity index (χ3n) is 2.11. The number of aliphatic carboxylic acids is 1.